The number of carbonyl (C=O) groups is 2. The summed E-state index contributed by atoms with van der Waals surface area (Å²) in [6, 6.07) is 4.96. The Kier molecular flexibility index (Phi) is 6.45. The van der Waals surface area contributed by atoms with Gasteiger partial charge in [0.2, 0.25) is 5.91 Å². The van der Waals surface area contributed by atoms with E-state index < -0.39 is 6.04 Å². The van der Waals surface area contributed by atoms with Gasteiger partial charge in [0.15, 0.2) is 6.61 Å². The van der Waals surface area contributed by atoms with Crippen LogP contribution in [0.3, 0.4) is 0 Å². The molecule has 3 rings (SSSR count). The van der Waals surface area contributed by atoms with Crippen LogP contribution >= 0.6 is 23.1 Å². The standard InChI is InChI=1S/C17H18FN3O3S2/c18-12-1-3-14(4-2-12)24-7-16(22)21-11-26-9-15(21)17(23)19-6-5-13-8-25-10-20-13/h1-4,8,10,15H,5-7,9,11H2,(H,19,23). The number of hydrogen-bond donors (Lipinski definition) is 1. The molecule has 1 aromatic carbocycles. The first-order valence-electron chi connectivity index (χ1n) is 8.04. The molecule has 0 aliphatic carbocycles. The number of aromatic nitrogens is 1. The van der Waals surface area contributed by atoms with Crippen molar-refractivity contribution in [3.05, 3.63) is 46.7 Å². The molecule has 0 bridgehead atoms. The molecule has 2 heterocycles. The number of rotatable bonds is 7. The van der Waals surface area contributed by atoms with Gasteiger partial charge in [-0.2, -0.15) is 0 Å². The van der Waals surface area contributed by atoms with Gasteiger partial charge in [-0.15, -0.1) is 23.1 Å². The van der Waals surface area contributed by atoms with Crippen LogP contribution in [0.4, 0.5) is 4.39 Å². The molecule has 1 saturated heterocycles. The third-order valence-electron chi connectivity index (χ3n) is 3.85. The van der Waals surface area contributed by atoms with Crippen LogP contribution < -0.4 is 10.1 Å². The molecule has 0 radical (unpaired) electrons. The Hall–Kier alpha value is -2.13. The second-order valence-corrected chi connectivity index (χ2v) is 7.36. The van der Waals surface area contributed by atoms with E-state index in [9.17, 15) is 14.0 Å². The minimum absolute atomic E-state index is 0.166. The van der Waals surface area contributed by atoms with Crippen LogP contribution in [0.1, 0.15) is 5.69 Å². The zero-order valence-corrected chi connectivity index (χ0v) is 15.5. The van der Waals surface area contributed by atoms with Crippen molar-refractivity contribution in [2.75, 3.05) is 24.8 Å². The molecule has 26 heavy (non-hydrogen) atoms. The second kappa shape index (κ2) is 9.00. The Morgan fingerprint density at radius 2 is 2.15 bits per heavy atom. The van der Waals surface area contributed by atoms with Crippen LogP contribution in [0.5, 0.6) is 5.75 Å². The van der Waals surface area contributed by atoms with Gasteiger partial charge >= 0.3 is 0 Å². The highest BCUT2D eigenvalue weighted by Gasteiger charge is 2.34. The topological polar surface area (TPSA) is 71.5 Å². The van der Waals surface area contributed by atoms with Crippen molar-refractivity contribution in [2.45, 2.75) is 12.5 Å². The van der Waals surface area contributed by atoms with Crippen molar-refractivity contribution < 1.29 is 18.7 Å². The van der Waals surface area contributed by atoms with E-state index in [2.05, 4.69) is 10.3 Å². The molecular weight excluding hydrogens is 377 g/mol. The Balaban J connectivity index is 1.47. The zero-order chi connectivity index (χ0) is 18.4. The first-order chi connectivity index (χ1) is 12.6. The molecule has 1 N–H and O–H groups in total. The van der Waals surface area contributed by atoms with E-state index >= 15 is 0 Å². The highest BCUT2D eigenvalue weighted by atomic mass is 32.2. The number of thioether (sulfide) groups is 1. The molecule has 1 unspecified atom stereocenters. The minimum atomic E-state index is -0.500. The highest BCUT2D eigenvalue weighted by molar-refractivity contribution is 7.99. The number of nitrogens with one attached hydrogen (secondary N) is 1. The van der Waals surface area contributed by atoms with Crippen molar-refractivity contribution in [3.63, 3.8) is 0 Å². The predicted octanol–water partition coefficient (Wildman–Crippen LogP) is 1.92. The van der Waals surface area contributed by atoms with Crippen LogP contribution in [0, 0.1) is 5.82 Å². The maximum absolute atomic E-state index is 12.9. The highest BCUT2D eigenvalue weighted by Crippen LogP contribution is 2.21. The lowest BCUT2D eigenvalue weighted by atomic mass is 10.2. The van der Waals surface area contributed by atoms with Crippen LogP contribution in [0.15, 0.2) is 35.2 Å². The fraction of sp³-hybridized carbons (Fsp3) is 0.353. The number of thiazole rings is 1. The normalized spacial score (nSPS) is 16.5. The van der Waals surface area contributed by atoms with Crippen molar-refractivity contribution in [1.82, 2.24) is 15.2 Å². The molecule has 2 amide bonds. The molecule has 9 heteroatoms. The van der Waals surface area contributed by atoms with Gasteiger partial charge in [0, 0.05) is 24.1 Å². The van der Waals surface area contributed by atoms with E-state index in [0.717, 1.165) is 5.69 Å². The van der Waals surface area contributed by atoms with Gasteiger partial charge in [-0.3, -0.25) is 9.59 Å². The Morgan fingerprint density at radius 1 is 1.35 bits per heavy atom. The maximum Gasteiger partial charge on any atom is 0.261 e. The molecule has 2 aromatic rings. The van der Waals surface area contributed by atoms with Gasteiger partial charge in [0.05, 0.1) is 17.1 Å². The summed E-state index contributed by atoms with van der Waals surface area (Å²) in [5, 5.41) is 4.81. The molecule has 1 aromatic heterocycles. The number of carbonyl (C=O) groups excluding carboxylic acids is 2. The molecular formula is C17H18FN3O3S2. The number of ether oxygens (including phenoxy) is 1. The van der Waals surface area contributed by atoms with Crippen molar-refractivity contribution in [2.24, 2.45) is 0 Å². The SMILES string of the molecule is O=C(NCCc1cscn1)C1CSCN1C(=O)COc1ccc(F)cc1. The summed E-state index contributed by atoms with van der Waals surface area (Å²) in [5.41, 5.74) is 2.70. The molecule has 0 spiro atoms. The Bertz CT molecular complexity index is 740. The summed E-state index contributed by atoms with van der Waals surface area (Å²) in [6.07, 6.45) is 0.663. The molecule has 6 nitrogen and oxygen atoms in total. The lowest BCUT2D eigenvalue weighted by Crippen LogP contribution is -2.48. The monoisotopic (exact) mass is 395 g/mol. The fourth-order valence-corrected chi connectivity index (χ4v) is 4.23. The maximum atomic E-state index is 12.9. The first kappa shape index (κ1) is 18.7. The van der Waals surface area contributed by atoms with Crippen LogP contribution in [-0.4, -0.2) is 52.5 Å². The van der Waals surface area contributed by atoms with Crippen molar-refractivity contribution >= 4 is 34.9 Å². The summed E-state index contributed by atoms with van der Waals surface area (Å²) in [5.74, 6) is 0.629. The third-order valence-corrected chi connectivity index (χ3v) is 5.49. The summed E-state index contributed by atoms with van der Waals surface area (Å²) < 4.78 is 18.3. The van der Waals surface area contributed by atoms with Crippen LogP contribution in [0.2, 0.25) is 0 Å². The largest absolute Gasteiger partial charge is 0.484 e. The first-order valence-corrected chi connectivity index (χ1v) is 10.1. The number of hydrogen-bond acceptors (Lipinski definition) is 6. The number of halogens is 1. The van der Waals surface area contributed by atoms with E-state index in [4.69, 9.17) is 4.74 Å². The lowest BCUT2D eigenvalue weighted by molar-refractivity contribution is -0.139. The summed E-state index contributed by atoms with van der Waals surface area (Å²) in [4.78, 5) is 30.5. The molecule has 138 valence electrons. The lowest BCUT2D eigenvalue weighted by Gasteiger charge is -2.23. The average molecular weight is 395 g/mol. The molecule has 1 atom stereocenters. The molecule has 1 aliphatic rings. The summed E-state index contributed by atoms with van der Waals surface area (Å²) in [7, 11) is 0. The number of benzene rings is 1. The Labute approximate surface area is 158 Å². The van der Waals surface area contributed by atoms with Crippen molar-refractivity contribution in [3.8, 4) is 5.75 Å². The van der Waals surface area contributed by atoms with Crippen LogP contribution in [0.25, 0.3) is 0 Å². The average Bonchev–Trinajstić information content (AvgIpc) is 3.32. The van der Waals surface area contributed by atoms with Gasteiger partial charge in [0.1, 0.15) is 17.6 Å². The Morgan fingerprint density at radius 3 is 2.88 bits per heavy atom. The van der Waals surface area contributed by atoms with Gasteiger partial charge in [-0.1, -0.05) is 0 Å². The summed E-state index contributed by atoms with van der Waals surface area (Å²) in [6.45, 7) is 0.298. The van der Waals surface area contributed by atoms with E-state index in [1.165, 1.54) is 52.3 Å². The quantitative estimate of drug-likeness (QED) is 0.776. The summed E-state index contributed by atoms with van der Waals surface area (Å²) >= 11 is 3.05. The fourth-order valence-electron chi connectivity index (χ4n) is 2.46. The van der Waals surface area contributed by atoms with E-state index in [0.29, 0.717) is 30.3 Å². The van der Waals surface area contributed by atoms with E-state index in [1.807, 2.05) is 5.38 Å². The zero-order valence-electron chi connectivity index (χ0n) is 13.9. The molecule has 1 aliphatic heterocycles. The van der Waals surface area contributed by atoms with Gasteiger partial charge in [-0.25, -0.2) is 9.37 Å². The van der Waals surface area contributed by atoms with Gasteiger partial charge < -0.3 is 15.0 Å². The van der Waals surface area contributed by atoms with Gasteiger partial charge in [0.25, 0.3) is 5.91 Å². The second-order valence-electron chi connectivity index (χ2n) is 5.64. The molecule has 0 saturated carbocycles. The van der Waals surface area contributed by atoms with Crippen molar-refractivity contribution in [1.29, 1.82) is 0 Å². The number of amides is 2. The predicted molar refractivity (Wildman–Crippen MR) is 98.7 cm³/mol. The van der Waals surface area contributed by atoms with E-state index in [-0.39, 0.29) is 24.2 Å². The smallest absolute Gasteiger partial charge is 0.261 e. The van der Waals surface area contributed by atoms with Gasteiger partial charge in [-0.05, 0) is 24.3 Å². The molecule has 1 fully saturated rings. The minimum Gasteiger partial charge on any atom is -0.484 e. The third kappa shape index (κ3) is 4.95. The number of nitrogens with zero attached hydrogens (tertiary/aromatic N) is 2. The van der Waals surface area contributed by atoms with E-state index in [1.54, 1.807) is 5.51 Å². The van der Waals surface area contributed by atoms with Crippen LogP contribution in [-0.2, 0) is 16.0 Å².